The van der Waals surface area contributed by atoms with Gasteiger partial charge < -0.3 is 20.7 Å². The molecule has 2 aromatic rings. The second-order valence-electron chi connectivity index (χ2n) is 7.74. The number of nitrogens with zero attached hydrogens (tertiary/aromatic N) is 1. The maximum absolute atomic E-state index is 11.3. The molecule has 3 N–H and O–H groups in total. The van der Waals surface area contributed by atoms with E-state index in [-0.39, 0.29) is 0 Å². The van der Waals surface area contributed by atoms with E-state index in [0.29, 0.717) is 23.2 Å². The van der Waals surface area contributed by atoms with Crippen molar-refractivity contribution in [1.82, 2.24) is 5.32 Å². The van der Waals surface area contributed by atoms with Gasteiger partial charge in [-0.3, -0.25) is 0 Å². The fourth-order valence-electron chi connectivity index (χ4n) is 3.37. The molecule has 0 aliphatic rings. The molecule has 0 radical (unpaired) electrons. The number of carbonyl (C=O) groups is 1. The van der Waals surface area contributed by atoms with Gasteiger partial charge in [-0.1, -0.05) is 43.9 Å². The van der Waals surface area contributed by atoms with Crippen LogP contribution in [0, 0.1) is 13.8 Å². The molecule has 0 heterocycles. The molecular weight excluding hydrogens is 440 g/mol. The molecule has 32 heavy (non-hydrogen) atoms. The fraction of sp³-hybridized carbons (Fsp3) is 0.417. The van der Waals surface area contributed by atoms with Crippen LogP contribution in [-0.2, 0) is 12.4 Å². The van der Waals surface area contributed by atoms with Crippen LogP contribution < -0.4 is 20.7 Å². The summed E-state index contributed by atoms with van der Waals surface area (Å²) in [4.78, 5) is 11.3. The molecule has 6 nitrogen and oxygen atoms in total. The standard InChI is InChI=1S/C24H32N4O2S2/c1-18-15-19(2)17-20(16-18)26-24(31)25-13-9-5-3-4-6-10-14-30-22-12-8-7-11-21(22)27-23(29)28-32/h7-8,11-12,15-17H,3-6,9-10,13-14H2,1-2H3,(H,27,29)(H2,25,26,31). The minimum Gasteiger partial charge on any atom is -0.491 e. The second kappa shape index (κ2) is 14.5. The van der Waals surface area contributed by atoms with Crippen molar-refractivity contribution in [3.05, 3.63) is 53.6 Å². The van der Waals surface area contributed by atoms with Crippen molar-refractivity contribution in [2.24, 2.45) is 4.36 Å². The van der Waals surface area contributed by atoms with Crippen LogP contribution in [0.4, 0.5) is 16.2 Å². The van der Waals surface area contributed by atoms with E-state index < -0.39 is 6.03 Å². The Morgan fingerprint density at radius 1 is 0.938 bits per heavy atom. The minimum atomic E-state index is -0.563. The molecule has 8 heteroatoms. The Kier molecular flexibility index (Phi) is 11.6. The molecule has 0 spiro atoms. The zero-order chi connectivity index (χ0) is 23.2. The summed E-state index contributed by atoms with van der Waals surface area (Å²) in [6, 6.07) is 13.1. The number of para-hydroxylation sites is 2. The number of hydrogen-bond acceptors (Lipinski definition) is 4. The van der Waals surface area contributed by atoms with Gasteiger partial charge in [0.25, 0.3) is 0 Å². The molecule has 2 amide bonds. The predicted octanol–water partition coefficient (Wildman–Crippen LogP) is 6.27. The maximum atomic E-state index is 11.3. The molecule has 0 fully saturated rings. The van der Waals surface area contributed by atoms with Crippen molar-refractivity contribution < 1.29 is 9.53 Å². The van der Waals surface area contributed by atoms with E-state index in [0.717, 1.165) is 31.5 Å². The SMILES string of the molecule is Cc1cc(C)cc(NC(=S)NCCCCCCCCOc2ccccc2NC(=O)N=S)c1. The summed E-state index contributed by atoms with van der Waals surface area (Å²) < 4.78 is 8.97. The lowest BCUT2D eigenvalue weighted by Crippen LogP contribution is -2.29. The number of anilines is 2. The number of nitrogens with one attached hydrogen (secondary N) is 3. The smallest absolute Gasteiger partial charge is 0.356 e. The quantitative estimate of drug-likeness (QED) is 0.250. The highest BCUT2D eigenvalue weighted by Gasteiger charge is 2.06. The summed E-state index contributed by atoms with van der Waals surface area (Å²) in [6.45, 7) is 5.65. The predicted molar refractivity (Wildman–Crippen MR) is 139 cm³/mol. The van der Waals surface area contributed by atoms with Crippen LogP contribution in [0.15, 0.2) is 46.8 Å². The Balaban J connectivity index is 1.50. The molecule has 0 atom stereocenters. The Labute approximate surface area is 201 Å². The lowest BCUT2D eigenvalue weighted by molar-refractivity contribution is 0.259. The van der Waals surface area contributed by atoms with E-state index >= 15 is 0 Å². The molecule has 2 rings (SSSR count). The van der Waals surface area contributed by atoms with Crippen molar-refractivity contribution in [3.8, 4) is 5.75 Å². The average molecular weight is 473 g/mol. The number of rotatable bonds is 12. The molecule has 0 aliphatic carbocycles. The van der Waals surface area contributed by atoms with Crippen LogP contribution in [0.3, 0.4) is 0 Å². The third-order valence-electron chi connectivity index (χ3n) is 4.81. The first-order valence-electron chi connectivity index (χ1n) is 11.0. The van der Waals surface area contributed by atoms with E-state index in [1.165, 1.54) is 30.4 Å². The van der Waals surface area contributed by atoms with E-state index in [1.54, 1.807) is 6.07 Å². The highest BCUT2D eigenvalue weighted by atomic mass is 32.1. The fourth-order valence-corrected chi connectivity index (χ4v) is 3.64. The van der Waals surface area contributed by atoms with Gasteiger partial charge in [0, 0.05) is 24.7 Å². The molecule has 0 aromatic heterocycles. The van der Waals surface area contributed by atoms with Gasteiger partial charge in [0.05, 0.1) is 12.3 Å². The van der Waals surface area contributed by atoms with Crippen LogP contribution in [0.2, 0.25) is 0 Å². The average Bonchev–Trinajstić information content (AvgIpc) is 2.75. The van der Waals surface area contributed by atoms with Gasteiger partial charge in [-0.25, -0.2) is 4.79 Å². The lowest BCUT2D eigenvalue weighted by atomic mass is 10.1. The number of urea groups is 1. The van der Waals surface area contributed by atoms with Crippen molar-refractivity contribution in [2.75, 3.05) is 23.8 Å². The Morgan fingerprint density at radius 3 is 2.31 bits per heavy atom. The van der Waals surface area contributed by atoms with Gasteiger partial charge in [-0.2, -0.15) is 0 Å². The molecule has 0 saturated heterocycles. The van der Waals surface area contributed by atoms with Gasteiger partial charge in [0.2, 0.25) is 0 Å². The summed E-state index contributed by atoms with van der Waals surface area (Å²) >= 11 is 9.78. The van der Waals surface area contributed by atoms with Crippen LogP contribution in [0.25, 0.3) is 0 Å². The molecule has 0 bridgehead atoms. The topological polar surface area (TPSA) is 74.8 Å². The van der Waals surface area contributed by atoms with Crippen LogP contribution in [0.5, 0.6) is 5.75 Å². The van der Waals surface area contributed by atoms with Crippen LogP contribution in [0.1, 0.15) is 49.7 Å². The van der Waals surface area contributed by atoms with E-state index in [2.05, 4.69) is 64.8 Å². The largest absolute Gasteiger partial charge is 0.491 e. The molecule has 0 aliphatic heterocycles. The molecule has 2 aromatic carbocycles. The van der Waals surface area contributed by atoms with Crippen LogP contribution in [-0.4, -0.2) is 24.3 Å². The zero-order valence-corrected chi connectivity index (χ0v) is 20.4. The zero-order valence-electron chi connectivity index (χ0n) is 18.8. The van der Waals surface area contributed by atoms with Gasteiger partial charge in [-0.15, -0.1) is 4.36 Å². The lowest BCUT2D eigenvalue weighted by Gasteiger charge is -2.12. The van der Waals surface area contributed by atoms with E-state index in [9.17, 15) is 4.79 Å². The highest BCUT2D eigenvalue weighted by molar-refractivity contribution is 7.80. The van der Waals surface area contributed by atoms with E-state index in [1.807, 2.05) is 18.2 Å². The van der Waals surface area contributed by atoms with Gasteiger partial charge in [0.1, 0.15) is 5.75 Å². The van der Waals surface area contributed by atoms with E-state index in [4.69, 9.17) is 17.0 Å². The monoisotopic (exact) mass is 472 g/mol. The number of carbonyl (C=O) groups excluding carboxylic acids is 1. The highest BCUT2D eigenvalue weighted by Crippen LogP contribution is 2.24. The molecule has 0 unspecified atom stereocenters. The normalized spacial score (nSPS) is 10.3. The molecular formula is C24H32N4O2S2. The minimum absolute atomic E-state index is 0.563. The number of hydrogen-bond donors (Lipinski definition) is 3. The summed E-state index contributed by atoms with van der Waals surface area (Å²) in [6.07, 6.45) is 6.69. The summed E-state index contributed by atoms with van der Waals surface area (Å²) in [7, 11) is 0. The van der Waals surface area contributed by atoms with Gasteiger partial charge in [-0.05, 0) is 74.3 Å². The summed E-state index contributed by atoms with van der Waals surface area (Å²) in [5, 5.41) is 9.82. The first kappa shape index (κ1) is 25.7. The Morgan fingerprint density at radius 2 is 1.59 bits per heavy atom. The van der Waals surface area contributed by atoms with Crippen molar-refractivity contribution >= 4 is 47.2 Å². The summed E-state index contributed by atoms with van der Waals surface area (Å²) in [5.41, 5.74) is 4.06. The first-order chi connectivity index (χ1) is 15.5. The van der Waals surface area contributed by atoms with Gasteiger partial charge in [0.15, 0.2) is 5.11 Å². The van der Waals surface area contributed by atoms with Crippen molar-refractivity contribution in [2.45, 2.75) is 52.4 Å². The Hall–Kier alpha value is -2.58. The van der Waals surface area contributed by atoms with Crippen molar-refractivity contribution in [3.63, 3.8) is 0 Å². The number of ether oxygens (including phenoxy) is 1. The van der Waals surface area contributed by atoms with Gasteiger partial charge >= 0.3 is 6.03 Å². The number of unbranched alkanes of at least 4 members (excludes halogenated alkanes) is 5. The number of benzene rings is 2. The molecule has 172 valence electrons. The maximum Gasteiger partial charge on any atom is 0.356 e. The van der Waals surface area contributed by atoms with Crippen LogP contribution >= 0.6 is 12.2 Å². The first-order valence-corrected chi connectivity index (χ1v) is 11.7. The van der Waals surface area contributed by atoms with Crippen molar-refractivity contribution in [1.29, 1.82) is 0 Å². The number of aryl methyl sites for hydroxylation is 2. The second-order valence-corrected chi connectivity index (χ2v) is 8.34. The third kappa shape index (κ3) is 10.2. The number of amides is 2. The Bertz CT molecular complexity index is 885. The third-order valence-corrected chi connectivity index (χ3v) is 5.22. The number of thiocarbonyl (C=S) groups is 1. The molecule has 0 saturated carbocycles. The summed E-state index contributed by atoms with van der Waals surface area (Å²) in [5.74, 6) is 0.635.